The summed E-state index contributed by atoms with van der Waals surface area (Å²) in [7, 11) is 0. The Morgan fingerprint density at radius 2 is 1.85 bits per heavy atom. The van der Waals surface area contributed by atoms with Gasteiger partial charge >= 0.3 is 0 Å². The van der Waals surface area contributed by atoms with E-state index in [1.807, 2.05) is 43.3 Å². The Balaban J connectivity index is 1.60. The molecule has 1 amide bonds. The van der Waals surface area contributed by atoms with E-state index in [4.69, 9.17) is 0 Å². The first-order chi connectivity index (χ1) is 12.6. The second-order valence-electron chi connectivity index (χ2n) is 5.98. The molecule has 2 aromatic heterocycles. The number of benzene rings is 1. The molecule has 0 radical (unpaired) electrons. The molecule has 26 heavy (non-hydrogen) atoms. The molecule has 3 aromatic rings. The average molecular weight is 348 g/mol. The number of pyridine rings is 1. The highest BCUT2D eigenvalue weighted by Crippen LogP contribution is 2.14. The fourth-order valence-electron chi connectivity index (χ4n) is 2.60. The monoisotopic (exact) mass is 348 g/mol. The van der Waals surface area contributed by atoms with Crippen molar-refractivity contribution in [1.29, 1.82) is 0 Å². The van der Waals surface area contributed by atoms with Crippen molar-refractivity contribution in [2.45, 2.75) is 26.3 Å². The lowest BCUT2D eigenvalue weighted by Crippen LogP contribution is -2.23. The Kier molecular flexibility index (Phi) is 5.53. The van der Waals surface area contributed by atoms with Crippen LogP contribution >= 0.6 is 0 Å². The Morgan fingerprint density at radius 3 is 2.62 bits per heavy atom. The number of anilines is 1. The molecule has 0 bridgehead atoms. The van der Waals surface area contributed by atoms with Crippen LogP contribution in [0.4, 0.5) is 5.69 Å². The van der Waals surface area contributed by atoms with Gasteiger partial charge in [-0.05, 0) is 43.2 Å². The number of amides is 1. The summed E-state index contributed by atoms with van der Waals surface area (Å²) in [6.07, 6.45) is 4.22. The van der Waals surface area contributed by atoms with Gasteiger partial charge in [-0.3, -0.25) is 14.6 Å². The molecule has 0 atom stereocenters. The van der Waals surface area contributed by atoms with Gasteiger partial charge in [0.05, 0.1) is 5.69 Å². The Hall–Kier alpha value is -3.28. The first-order valence-electron chi connectivity index (χ1n) is 8.47. The van der Waals surface area contributed by atoms with Crippen molar-refractivity contribution >= 4 is 11.6 Å². The van der Waals surface area contributed by atoms with Gasteiger partial charge in [0, 0.05) is 42.7 Å². The topological polar surface area (TPSA) is 76.9 Å². The summed E-state index contributed by atoms with van der Waals surface area (Å²) in [5, 5.41) is 7.28. The van der Waals surface area contributed by atoms with E-state index in [-0.39, 0.29) is 11.5 Å². The van der Waals surface area contributed by atoms with Gasteiger partial charge in [0.1, 0.15) is 0 Å². The summed E-state index contributed by atoms with van der Waals surface area (Å²) in [5.41, 5.74) is 3.25. The van der Waals surface area contributed by atoms with Crippen LogP contribution in [0.15, 0.2) is 65.7 Å². The molecule has 0 saturated carbocycles. The number of para-hydroxylation sites is 1. The van der Waals surface area contributed by atoms with Crippen molar-refractivity contribution in [1.82, 2.24) is 14.8 Å². The van der Waals surface area contributed by atoms with Crippen molar-refractivity contribution in [3.63, 3.8) is 0 Å². The number of nitrogens with one attached hydrogen (secondary N) is 1. The Morgan fingerprint density at radius 1 is 1.08 bits per heavy atom. The summed E-state index contributed by atoms with van der Waals surface area (Å²) >= 11 is 0. The van der Waals surface area contributed by atoms with Gasteiger partial charge in [0.2, 0.25) is 5.91 Å². The minimum atomic E-state index is -0.179. The lowest BCUT2D eigenvalue weighted by molar-refractivity contribution is -0.116. The first kappa shape index (κ1) is 17.5. The Bertz CT molecular complexity index is 951. The maximum Gasteiger partial charge on any atom is 0.266 e. The third-order valence-corrected chi connectivity index (χ3v) is 4.04. The van der Waals surface area contributed by atoms with Crippen LogP contribution in [0.3, 0.4) is 0 Å². The van der Waals surface area contributed by atoms with Gasteiger partial charge in [-0.1, -0.05) is 18.2 Å². The molecule has 132 valence electrons. The fraction of sp³-hybridized carbons (Fsp3) is 0.200. The molecule has 2 heterocycles. The second-order valence-corrected chi connectivity index (χ2v) is 5.98. The zero-order valence-electron chi connectivity index (χ0n) is 14.6. The number of carbonyl (C=O) groups is 1. The number of aromatic nitrogens is 3. The van der Waals surface area contributed by atoms with Gasteiger partial charge in [0.25, 0.3) is 5.56 Å². The molecule has 0 aliphatic rings. The van der Waals surface area contributed by atoms with E-state index in [2.05, 4.69) is 15.4 Å². The van der Waals surface area contributed by atoms with E-state index < -0.39 is 0 Å². The number of nitrogens with zero attached hydrogens (tertiary/aromatic N) is 3. The molecule has 0 unspecified atom stereocenters. The predicted molar refractivity (Wildman–Crippen MR) is 101 cm³/mol. The predicted octanol–water partition coefficient (Wildman–Crippen LogP) is 3.03. The third kappa shape index (κ3) is 4.42. The van der Waals surface area contributed by atoms with Crippen LogP contribution in [0.1, 0.15) is 18.4 Å². The lowest BCUT2D eigenvalue weighted by atomic mass is 10.2. The van der Waals surface area contributed by atoms with Crippen molar-refractivity contribution < 1.29 is 4.79 Å². The van der Waals surface area contributed by atoms with E-state index >= 15 is 0 Å². The summed E-state index contributed by atoms with van der Waals surface area (Å²) in [6, 6.07) is 14.5. The van der Waals surface area contributed by atoms with Crippen LogP contribution in [0.25, 0.3) is 11.3 Å². The van der Waals surface area contributed by atoms with Gasteiger partial charge < -0.3 is 5.32 Å². The maximum atomic E-state index is 12.1. The van der Waals surface area contributed by atoms with Crippen LogP contribution < -0.4 is 10.9 Å². The summed E-state index contributed by atoms with van der Waals surface area (Å²) in [5.74, 6) is -0.0716. The molecule has 0 saturated heterocycles. The first-order valence-corrected chi connectivity index (χ1v) is 8.47. The smallest absolute Gasteiger partial charge is 0.266 e. The number of hydrogen-bond donors (Lipinski definition) is 1. The SMILES string of the molecule is Cc1ccccc1NC(=O)CCCn1nc(-c2ccncc2)ccc1=O. The van der Waals surface area contributed by atoms with Gasteiger partial charge in [-0.15, -0.1) is 0 Å². The van der Waals surface area contributed by atoms with Crippen molar-refractivity contribution in [3.8, 4) is 11.3 Å². The highest BCUT2D eigenvalue weighted by Gasteiger charge is 2.07. The quantitative estimate of drug-likeness (QED) is 0.743. The zero-order valence-corrected chi connectivity index (χ0v) is 14.6. The molecule has 6 nitrogen and oxygen atoms in total. The average Bonchev–Trinajstić information content (AvgIpc) is 2.66. The Labute approximate surface area is 151 Å². The molecule has 0 spiro atoms. The van der Waals surface area contributed by atoms with Crippen molar-refractivity contribution in [2.24, 2.45) is 0 Å². The third-order valence-electron chi connectivity index (χ3n) is 4.04. The molecule has 0 fully saturated rings. The van der Waals surface area contributed by atoms with Crippen LogP contribution in [0, 0.1) is 6.92 Å². The van der Waals surface area contributed by atoms with E-state index in [9.17, 15) is 9.59 Å². The highest BCUT2D eigenvalue weighted by atomic mass is 16.1. The zero-order chi connectivity index (χ0) is 18.4. The van der Waals surface area contributed by atoms with Gasteiger partial charge in [0.15, 0.2) is 0 Å². The maximum absolute atomic E-state index is 12.1. The summed E-state index contributed by atoms with van der Waals surface area (Å²) in [4.78, 5) is 28.1. The highest BCUT2D eigenvalue weighted by molar-refractivity contribution is 5.91. The number of rotatable bonds is 6. The van der Waals surface area contributed by atoms with E-state index in [0.29, 0.717) is 25.1 Å². The standard InChI is InChI=1S/C20H20N4O2/c1-15-5-2-3-6-17(15)22-19(25)7-4-14-24-20(26)9-8-18(23-24)16-10-12-21-13-11-16/h2-3,5-6,8-13H,4,7,14H2,1H3,(H,22,25). The van der Waals surface area contributed by atoms with E-state index in [0.717, 1.165) is 16.8 Å². The molecule has 1 aromatic carbocycles. The van der Waals surface area contributed by atoms with Crippen LogP contribution in [-0.4, -0.2) is 20.7 Å². The lowest BCUT2D eigenvalue weighted by Gasteiger charge is -2.09. The van der Waals surface area contributed by atoms with Crippen molar-refractivity contribution in [3.05, 3.63) is 76.8 Å². The second kappa shape index (κ2) is 8.20. The molecular formula is C20H20N4O2. The summed E-state index contributed by atoms with van der Waals surface area (Å²) in [6.45, 7) is 2.34. The fourth-order valence-corrected chi connectivity index (χ4v) is 2.60. The van der Waals surface area contributed by atoms with Crippen molar-refractivity contribution in [2.75, 3.05) is 5.32 Å². The van der Waals surface area contributed by atoms with Crippen LogP contribution in [0.2, 0.25) is 0 Å². The summed E-state index contributed by atoms with van der Waals surface area (Å²) < 4.78 is 1.40. The largest absolute Gasteiger partial charge is 0.326 e. The van der Waals surface area contributed by atoms with Gasteiger partial charge in [-0.25, -0.2) is 4.68 Å². The normalized spacial score (nSPS) is 10.5. The molecule has 3 rings (SSSR count). The molecule has 1 N–H and O–H groups in total. The van der Waals surface area contributed by atoms with Crippen LogP contribution in [-0.2, 0) is 11.3 Å². The number of aryl methyl sites for hydroxylation is 2. The number of carbonyl (C=O) groups excluding carboxylic acids is 1. The van der Waals surface area contributed by atoms with E-state index in [1.54, 1.807) is 18.5 Å². The van der Waals surface area contributed by atoms with Gasteiger partial charge in [-0.2, -0.15) is 5.10 Å². The van der Waals surface area contributed by atoms with Crippen LogP contribution in [0.5, 0.6) is 0 Å². The molecule has 0 aliphatic heterocycles. The molecular weight excluding hydrogens is 328 g/mol. The van der Waals surface area contributed by atoms with E-state index in [1.165, 1.54) is 10.7 Å². The molecule has 6 heteroatoms. The minimum absolute atomic E-state index is 0.0716. The number of hydrogen-bond acceptors (Lipinski definition) is 4. The molecule has 0 aliphatic carbocycles. The minimum Gasteiger partial charge on any atom is -0.326 e.